The summed E-state index contributed by atoms with van der Waals surface area (Å²) in [6.07, 6.45) is 13.4. The number of ketones is 1. The van der Waals surface area contributed by atoms with Gasteiger partial charge in [-0.2, -0.15) is 0 Å². The Morgan fingerprint density at radius 2 is 1.72 bits per heavy atom. The molecule has 0 spiro atoms. The molecular weight excluding hydrogens is 306 g/mol. The van der Waals surface area contributed by atoms with E-state index in [9.17, 15) is 4.79 Å². The number of Topliss-reactive ketones (excluding diaryl/α,β-unsaturated/α-hetero) is 1. The van der Waals surface area contributed by atoms with E-state index in [-0.39, 0.29) is 0 Å². The molecular formula is C23H33NO. The van der Waals surface area contributed by atoms with Crippen LogP contribution in [0.1, 0.15) is 69.8 Å². The van der Waals surface area contributed by atoms with Crippen LogP contribution in [0.4, 0.5) is 0 Å². The molecule has 0 aromatic heterocycles. The van der Waals surface area contributed by atoms with Gasteiger partial charge in [-0.3, -0.25) is 9.69 Å². The van der Waals surface area contributed by atoms with Crippen molar-refractivity contribution in [3.8, 4) is 0 Å². The zero-order valence-electron chi connectivity index (χ0n) is 15.5. The molecule has 2 fully saturated rings. The highest BCUT2D eigenvalue weighted by Crippen LogP contribution is 2.40. The highest BCUT2D eigenvalue weighted by atomic mass is 16.1. The van der Waals surface area contributed by atoms with Crippen molar-refractivity contribution in [2.75, 3.05) is 0 Å². The normalized spacial score (nSPS) is 25.8. The van der Waals surface area contributed by atoms with Gasteiger partial charge in [0.1, 0.15) is 5.78 Å². The van der Waals surface area contributed by atoms with Gasteiger partial charge in [-0.15, -0.1) is 6.58 Å². The van der Waals surface area contributed by atoms with Crippen LogP contribution >= 0.6 is 0 Å². The molecule has 136 valence electrons. The maximum absolute atomic E-state index is 12.6. The van der Waals surface area contributed by atoms with Gasteiger partial charge in [-0.1, -0.05) is 49.2 Å². The highest BCUT2D eigenvalue weighted by Gasteiger charge is 2.42. The Balaban J connectivity index is 1.43. The second-order valence-corrected chi connectivity index (χ2v) is 7.92. The van der Waals surface area contributed by atoms with E-state index in [1.165, 1.54) is 37.7 Å². The van der Waals surface area contributed by atoms with E-state index in [1.807, 2.05) is 6.08 Å². The Hall–Kier alpha value is -1.41. The monoisotopic (exact) mass is 339 g/mol. The van der Waals surface area contributed by atoms with Crippen molar-refractivity contribution in [2.45, 2.75) is 82.8 Å². The summed E-state index contributed by atoms with van der Waals surface area (Å²) in [5, 5.41) is 0. The zero-order valence-corrected chi connectivity index (χ0v) is 15.5. The molecule has 2 nitrogen and oxygen atoms in total. The standard InChI is InChI=1S/C23H33NO/c1-2-3-4-5-6-10-13-23(25)20-16-21-14-15-22(17-20)24(21)18-19-11-8-7-9-12-19/h2,7-9,11-12,20-22H,1,3-6,10,13-18H2. The molecule has 2 unspecified atom stereocenters. The molecule has 3 rings (SSSR count). The summed E-state index contributed by atoms with van der Waals surface area (Å²) in [6, 6.07) is 12.0. The minimum absolute atomic E-state index is 0.331. The summed E-state index contributed by atoms with van der Waals surface area (Å²) in [4.78, 5) is 15.3. The zero-order chi connectivity index (χ0) is 17.5. The Labute approximate surface area is 153 Å². The van der Waals surface area contributed by atoms with Gasteiger partial charge in [0, 0.05) is 31.0 Å². The number of rotatable bonds is 10. The molecule has 2 saturated heterocycles. The Bertz CT molecular complexity index is 538. The number of unbranched alkanes of at least 4 members (excludes halogenated alkanes) is 4. The average molecular weight is 340 g/mol. The fourth-order valence-electron chi connectivity index (χ4n) is 4.74. The molecule has 0 amide bonds. The predicted molar refractivity (Wildman–Crippen MR) is 104 cm³/mol. The fraction of sp³-hybridized carbons (Fsp3) is 0.609. The highest BCUT2D eigenvalue weighted by molar-refractivity contribution is 5.81. The van der Waals surface area contributed by atoms with E-state index in [0.717, 1.165) is 38.6 Å². The second kappa shape index (κ2) is 9.33. The maximum atomic E-state index is 12.6. The first kappa shape index (κ1) is 18.4. The minimum Gasteiger partial charge on any atom is -0.299 e. The van der Waals surface area contributed by atoms with Crippen LogP contribution in [0.25, 0.3) is 0 Å². The van der Waals surface area contributed by atoms with E-state index in [4.69, 9.17) is 0 Å². The van der Waals surface area contributed by atoms with Crippen LogP contribution in [-0.4, -0.2) is 22.8 Å². The van der Waals surface area contributed by atoms with Crippen LogP contribution in [-0.2, 0) is 11.3 Å². The number of carbonyl (C=O) groups excluding carboxylic acids is 1. The molecule has 25 heavy (non-hydrogen) atoms. The van der Waals surface area contributed by atoms with Crippen molar-refractivity contribution in [3.63, 3.8) is 0 Å². The van der Waals surface area contributed by atoms with Crippen molar-refractivity contribution in [1.82, 2.24) is 4.90 Å². The van der Waals surface area contributed by atoms with E-state index in [1.54, 1.807) is 0 Å². The fourth-order valence-corrected chi connectivity index (χ4v) is 4.74. The van der Waals surface area contributed by atoms with Gasteiger partial charge in [0.25, 0.3) is 0 Å². The van der Waals surface area contributed by atoms with Crippen LogP contribution in [0.5, 0.6) is 0 Å². The lowest BCUT2D eigenvalue weighted by atomic mass is 9.85. The molecule has 0 N–H and O–H groups in total. The molecule has 0 saturated carbocycles. The van der Waals surface area contributed by atoms with Gasteiger partial charge in [0.15, 0.2) is 0 Å². The Morgan fingerprint density at radius 3 is 2.40 bits per heavy atom. The van der Waals surface area contributed by atoms with Gasteiger partial charge in [0.05, 0.1) is 0 Å². The molecule has 2 aliphatic rings. The average Bonchev–Trinajstić information content (AvgIpc) is 2.86. The summed E-state index contributed by atoms with van der Waals surface area (Å²) in [7, 11) is 0. The SMILES string of the molecule is C=CCCCCCCC(=O)C1CC2CCC(C1)N2Cc1ccccc1. The molecule has 1 aromatic rings. The van der Waals surface area contributed by atoms with Crippen LogP contribution in [0.2, 0.25) is 0 Å². The third-order valence-corrected chi connectivity index (χ3v) is 6.13. The lowest BCUT2D eigenvalue weighted by Gasteiger charge is -2.38. The summed E-state index contributed by atoms with van der Waals surface area (Å²) >= 11 is 0. The third-order valence-electron chi connectivity index (χ3n) is 6.13. The maximum Gasteiger partial charge on any atom is 0.136 e. The Morgan fingerprint density at radius 1 is 1.04 bits per heavy atom. The summed E-state index contributed by atoms with van der Waals surface area (Å²) in [6.45, 7) is 4.82. The lowest BCUT2D eigenvalue weighted by Crippen LogP contribution is -2.44. The first-order valence-electron chi connectivity index (χ1n) is 10.2. The number of piperidine rings is 1. The number of fused-ring (bicyclic) bond motifs is 2. The summed E-state index contributed by atoms with van der Waals surface area (Å²) in [5.74, 6) is 0.873. The lowest BCUT2D eigenvalue weighted by molar-refractivity contribution is -0.125. The van der Waals surface area contributed by atoms with Crippen molar-refractivity contribution in [2.24, 2.45) is 5.92 Å². The topological polar surface area (TPSA) is 20.3 Å². The van der Waals surface area contributed by atoms with Crippen molar-refractivity contribution < 1.29 is 4.79 Å². The van der Waals surface area contributed by atoms with Crippen molar-refractivity contribution >= 4 is 5.78 Å². The number of allylic oxidation sites excluding steroid dienone is 1. The van der Waals surface area contributed by atoms with E-state index in [0.29, 0.717) is 23.8 Å². The van der Waals surface area contributed by atoms with Crippen molar-refractivity contribution in [1.29, 1.82) is 0 Å². The van der Waals surface area contributed by atoms with Gasteiger partial charge >= 0.3 is 0 Å². The quantitative estimate of drug-likeness (QED) is 0.413. The van der Waals surface area contributed by atoms with Crippen LogP contribution < -0.4 is 0 Å². The van der Waals surface area contributed by atoms with Gasteiger partial charge in [0.2, 0.25) is 0 Å². The molecule has 2 bridgehead atoms. The van der Waals surface area contributed by atoms with E-state index in [2.05, 4.69) is 41.8 Å². The van der Waals surface area contributed by atoms with Crippen LogP contribution in [0, 0.1) is 5.92 Å². The van der Waals surface area contributed by atoms with Crippen LogP contribution in [0.3, 0.4) is 0 Å². The largest absolute Gasteiger partial charge is 0.299 e. The molecule has 1 aromatic carbocycles. The van der Waals surface area contributed by atoms with Crippen LogP contribution in [0.15, 0.2) is 43.0 Å². The number of hydrogen-bond acceptors (Lipinski definition) is 2. The number of nitrogens with zero attached hydrogens (tertiary/aromatic N) is 1. The summed E-state index contributed by atoms with van der Waals surface area (Å²) < 4.78 is 0. The molecule has 0 aliphatic carbocycles. The first-order valence-corrected chi connectivity index (χ1v) is 10.2. The smallest absolute Gasteiger partial charge is 0.136 e. The number of hydrogen-bond donors (Lipinski definition) is 0. The minimum atomic E-state index is 0.331. The molecule has 2 heteroatoms. The molecule has 0 radical (unpaired) electrons. The van der Waals surface area contributed by atoms with Gasteiger partial charge in [-0.25, -0.2) is 0 Å². The molecule has 2 aliphatic heterocycles. The first-order chi connectivity index (χ1) is 12.3. The van der Waals surface area contributed by atoms with Gasteiger partial charge < -0.3 is 0 Å². The number of carbonyl (C=O) groups is 1. The van der Waals surface area contributed by atoms with Gasteiger partial charge in [-0.05, 0) is 50.5 Å². The Kier molecular flexibility index (Phi) is 6.86. The van der Waals surface area contributed by atoms with E-state index < -0.39 is 0 Å². The molecule has 2 heterocycles. The summed E-state index contributed by atoms with van der Waals surface area (Å²) in [5.41, 5.74) is 1.41. The van der Waals surface area contributed by atoms with Crippen molar-refractivity contribution in [3.05, 3.63) is 48.6 Å². The van der Waals surface area contributed by atoms with E-state index >= 15 is 0 Å². The second-order valence-electron chi connectivity index (χ2n) is 7.92. The molecule has 2 atom stereocenters. The predicted octanol–water partition coefficient (Wildman–Crippen LogP) is 5.53. The third kappa shape index (κ3) is 5.04. The number of benzene rings is 1.